The first kappa shape index (κ1) is 13.1. The fourth-order valence-corrected chi connectivity index (χ4v) is 1.06. The van der Waals surface area contributed by atoms with Crippen molar-refractivity contribution in [2.75, 3.05) is 7.11 Å². The monoisotopic (exact) mass is 200 g/mol. The second kappa shape index (κ2) is 5.13. The molecule has 0 saturated heterocycles. The van der Waals surface area contributed by atoms with Crippen LogP contribution in [0.4, 0.5) is 0 Å². The van der Waals surface area contributed by atoms with Gasteiger partial charge in [0, 0.05) is 18.3 Å². The van der Waals surface area contributed by atoms with E-state index in [0.717, 1.165) is 0 Å². The van der Waals surface area contributed by atoms with Crippen LogP contribution in [0.2, 0.25) is 0 Å². The number of rotatable bonds is 4. The van der Waals surface area contributed by atoms with Crippen molar-refractivity contribution in [1.82, 2.24) is 0 Å². The summed E-state index contributed by atoms with van der Waals surface area (Å²) in [5.41, 5.74) is -0.315. The fraction of sp³-hybridized carbons (Fsp3) is 0.818. The van der Waals surface area contributed by atoms with E-state index in [1.165, 1.54) is 7.11 Å². The van der Waals surface area contributed by atoms with E-state index in [4.69, 9.17) is 0 Å². The second-order valence-electron chi connectivity index (χ2n) is 4.76. The molecule has 0 aromatic rings. The number of esters is 1. The van der Waals surface area contributed by atoms with Crippen LogP contribution < -0.4 is 0 Å². The van der Waals surface area contributed by atoms with Gasteiger partial charge in [-0.2, -0.15) is 0 Å². The Labute approximate surface area is 85.8 Å². The van der Waals surface area contributed by atoms with E-state index in [9.17, 15) is 9.59 Å². The van der Waals surface area contributed by atoms with Crippen LogP contribution in [0.15, 0.2) is 0 Å². The number of carbonyl (C=O) groups excluding carboxylic acids is 2. The molecule has 0 aliphatic rings. The Kier molecular flexibility index (Phi) is 4.81. The first-order chi connectivity index (χ1) is 6.27. The molecular formula is C11H20O3. The van der Waals surface area contributed by atoms with Crippen LogP contribution in [-0.2, 0) is 14.3 Å². The lowest BCUT2D eigenvalue weighted by atomic mass is 9.85. The van der Waals surface area contributed by atoms with Gasteiger partial charge in [-0.1, -0.05) is 27.7 Å². The topological polar surface area (TPSA) is 43.4 Å². The Morgan fingerprint density at radius 3 is 2.07 bits per heavy atom. The molecule has 1 atom stereocenters. The Balaban J connectivity index is 4.01. The maximum absolute atomic E-state index is 11.6. The van der Waals surface area contributed by atoms with Crippen molar-refractivity contribution < 1.29 is 14.3 Å². The van der Waals surface area contributed by atoms with Crippen LogP contribution in [0, 0.1) is 11.3 Å². The number of hydrogen-bond donors (Lipinski definition) is 0. The predicted molar refractivity (Wildman–Crippen MR) is 54.9 cm³/mol. The molecule has 0 radical (unpaired) electrons. The summed E-state index contributed by atoms with van der Waals surface area (Å²) in [6.07, 6.45) is 0.761. The van der Waals surface area contributed by atoms with Gasteiger partial charge in [-0.3, -0.25) is 9.59 Å². The zero-order valence-corrected chi connectivity index (χ0v) is 9.72. The largest absolute Gasteiger partial charge is 0.469 e. The summed E-state index contributed by atoms with van der Waals surface area (Å²) in [6, 6.07) is 0. The molecule has 0 aliphatic carbocycles. The normalized spacial score (nSPS) is 13.5. The van der Waals surface area contributed by atoms with Crippen LogP contribution in [0.3, 0.4) is 0 Å². The Hall–Kier alpha value is -0.860. The highest BCUT2D eigenvalue weighted by Crippen LogP contribution is 2.21. The SMILES string of the molecule is COC(=O)C[C@@H](C)CC(=O)C(C)(C)C. The third-order valence-corrected chi connectivity index (χ3v) is 2.11. The highest BCUT2D eigenvalue weighted by molar-refractivity contribution is 5.84. The van der Waals surface area contributed by atoms with Gasteiger partial charge in [-0.25, -0.2) is 0 Å². The first-order valence-corrected chi connectivity index (χ1v) is 4.87. The van der Waals surface area contributed by atoms with Crippen LogP contribution in [0.5, 0.6) is 0 Å². The van der Waals surface area contributed by atoms with Crippen LogP contribution in [0.1, 0.15) is 40.5 Å². The minimum absolute atomic E-state index is 0.0641. The van der Waals surface area contributed by atoms with E-state index < -0.39 is 0 Å². The molecule has 0 spiro atoms. The lowest BCUT2D eigenvalue weighted by Crippen LogP contribution is -2.23. The van der Waals surface area contributed by atoms with E-state index in [-0.39, 0.29) is 23.1 Å². The molecule has 0 bridgehead atoms. The summed E-state index contributed by atoms with van der Waals surface area (Å²) in [6.45, 7) is 7.56. The molecule has 0 amide bonds. The molecule has 0 aliphatic heterocycles. The van der Waals surface area contributed by atoms with Gasteiger partial charge in [-0.05, 0) is 5.92 Å². The average Bonchev–Trinajstić information content (AvgIpc) is 2.02. The number of ether oxygens (including phenoxy) is 1. The second-order valence-corrected chi connectivity index (χ2v) is 4.76. The molecule has 3 nitrogen and oxygen atoms in total. The minimum atomic E-state index is -0.315. The number of ketones is 1. The molecule has 0 N–H and O–H groups in total. The van der Waals surface area contributed by atoms with Crippen LogP contribution in [-0.4, -0.2) is 18.9 Å². The number of hydrogen-bond acceptors (Lipinski definition) is 3. The molecular weight excluding hydrogens is 180 g/mol. The van der Waals surface area contributed by atoms with Gasteiger partial charge >= 0.3 is 5.97 Å². The van der Waals surface area contributed by atoms with Gasteiger partial charge in [0.05, 0.1) is 7.11 Å². The van der Waals surface area contributed by atoms with Gasteiger partial charge in [0.2, 0.25) is 0 Å². The quantitative estimate of drug-likeness (QED) is 0.653. The highest BCUT2D eigenvalue weighted by Gasteiger charge is 2.23. The zero-order valence-electron chi connectivity index (χ0n) is 9.72. The molecule has 14 heavy (non-hydrogen) atoms. The summed E-state index contributed by atoms with van der Waals surface area (Å²) in [5.74, 6) is 0.00212. The Morgan fingerprint density at radius 1 is 1.21 bits per heavy atom. The van der Waals surface area contributed by atoms with Gasteiger partial charge in [0.15, 0.2) is 0 Å². The third-order valence-electron chi connectivity index (χ3n) is 2.11. The van der Waals surface area contributed by atoms with Crippen molar-refractivity contribution in [3.05, 3.63) is 0 Å². The zero-order chi connectivity index (χ0) is 11.4. The van der Waals surface area contributed by atoms with Gasteiger partial charge in [0.1, 0.15) is 5.78 Å². The van der Waals surface area contributed by atoms with E-state index >= 15 is 0 Å². The van der Waals surface area contributed by atoms with Crippen molar-refractivity contribution in [2.24, 2.45) is 11.3 Å². The molecule has 0 heterocycles. The molecule has 3 heteroatoms. The average molecular weight is 200 g/mol. The van der Waals surface area contributed by atoms with Crippen LogP contribution >= 0.6 is 0 Å². The molecule has 0 rings (SSSR count). The Bertz CT molecular complexity index is 213. The molecule has 0 unspecified atom stereocenters. The molecule has 82 valence electrons. The number of Topliss-reactive ketones (excluding diaryl/α,β-unsaturated/α-hetero) is 1. The van der Waals surface area contributed by atoms with E-state index in [1.807, 2.05) is 27.7 Å². The molecule has 0 aromatic heterocycles. The van der Waals surface area contributed by atoms with Crippen molar-refractivity contribution in [1.29, 1.82) is 0 Å². The van der Waals surface area contributed by atoms with E-state index in [2.05, 4.69) is 4.74 Å². The van der Waals surface area contributed by atoms with Crippen molar-refractivity contribution >= 4 is 11.8 Å². The minimum Gasteiger partial charge on any atom is -0.469 e. The van der Waals surface area contributed by atoms with E-state index in [0.29, 0.717) is 12.8 Å². The summed E-state index contributed by atoms with van der Waals surface area (Å²) in [4.78, 5) is 22.5. The lowest BCUT2D eigenvalue weighted by molar-refractivity contribution is -0.141. The van der Waals surface area contributed by atoms with Crippen LogP contribution in [0.25, 0.3) is 0 Å². The maximum atomic E-state index is 11.6. The number of methoxy groups -OCH3 is 1. The van der Waals surface area contributed by atoms with Gasteiger partial charge in [-0.15, -0.1) is 0 Å². The van der Waals surface area contributed by atoms with E-state index in [1.54, 1.807) is 0 Å². The number of carbonyl (C=O) groups is 2. The summed E-state index contributed by atoms with van der Waals surface area (Å²) >= 11 is 0. The molecule has 0 fully saturated rings. The lowest BCUT2D eigenvalue weighted by Gasteiger charge is -2.18. The standard InChI is InChI=1S/C11H20O3/c1-8(7-10(13)14-5)6-9(12)11(2,3)4/h8H,6-7H2,1-5H3/t8-/m0/s1. The van der Waals surface area contributed by atoms with Crippen molar-refractivity contribution in [3.8, 4) is 0 Å². The smallest absolute Gasteiger partial charge is 0.305 e. The maximum Gasteiger partial charge on any atom is 0.305 e. The fourth-order valence-electron chi connectivity index (χ4n) is 1.06. The summed E-state index contributed by atoms with van der Waals surface area (Å²) in [5, 5.41) is 0. The molecule has 0 aromatic carbocycles. The molecule has 0 saturated carbocycles. The van der Waals surface area contributed by atoms with Crippen molar-refractivity contribution in [3.63, 3.8) is 0 Å². The third kappa shape index (κ3) is 5.00. The summed E-state index contributed by atoms with van der Waals surface area (Å²) < 4.78 is 4.54. The Morgan fingerprint density at radius 2 is 1.71 bits per heavy atom. The van der Waals surface area contributed by atoms with Crippen molar-refractivity contribution in [2.45, 2.75) is 40.5 Å². The van der Waals surface area contributed by atoms with Gasteiger partial charge < -0.3 is 4.74 Å². The van der Waals surface area contributed by atoms with Gasteiger partial charge in [0.25, 0.3) is 0 Å². The summed E-state index contributed by atoms with van der Waals surface area (Å²) in [7, 11) is 1.36. The first-order valence-electron chi connectivity index (χ1n) is 4.87. The highest BCUT2D eigenvalue weighted by atomic mass is 16.5. The predicted octanol–water partition coefficient (Wildman–Crippen LogP) is 2.19.